The summed E-state index contributed by atoms with van der Waals surface area (Å²) in [5, 5.41) is 6.49. The summed E-state index contributed by atoms with van der Waals surface area (Å²) in [5.74, 6) is -4.88. The van der Waals surface area contributed by atoms with Gasteiger partial charge in [-0.25, -0.2) is 13.2 Å². The molecule has 0 saturated heterocycles. The average molecular weight is 477 g/mol. The van der Waals surface area contributed by atoms with Crippen LogP contribution < -0.4 is 5.32 Å². The van der Waals surface area contributed by atoms with Crippen molar-refractivity contribution in [2.24, 2.45) is 5.41 Å². The number of carbonyl (C=O) groups excluding carboxylic acids is 1. The fourth-order valence-electron chi connectivity index (χ4n) is 4.35. The Kier molecular flexibility index (Phi) is 5.54. The molecule has 2 fully saturated rings. The standard InChI is InChI=1S/C21H21F6N3OS/c1-19(8-20(23,24)9-19)10-30-17(15(21(25,26)27)16(29-30)11-3-4-11)18(31)28-12-5-6-13(22)14(7-12)32-2/h5-7,11H,3-4,8-10H2,1-2H3,(H,28,31). The number of thioether (sulfide) groups is 1. The number of carbonyl (C=O) groups is 1. The van der Waals surface area contributed by atoms with Gasteiger partial charge < -0.3 is 5.32 Å². The van der Waals surface area contributed by atoms with Crippen molar-refractivity contribution >= 4 is 23.4 Å². The molecule has 32 heavy (non-hydrogen) atoms. The van der Waals surface area contributed by atoms with E-state index in [0.29, 0.717) is 12.8 Å². The van der Waals surface area contributed by atoms with E-state index in [1.807, 2.05) is 0 Å². The van der Waals surface area contributed by atoms with Gasteiger partial charge >= 0.3 is 6.18 Å². The van der Waals surface area contributed by atoms with E-state index < -0.39 is 59.3 Å². The molecule has 0 radical (unpaired) electrons. The van der Waals surface area contributed by atoms with Gasteiger partial charge in [-0.15, -0.1) is 11.8 Å². The van der Waals surface area contributed by atoms with Gasteiger partial charge in [-0.1, -0.05) is 6.92 Å². The normalized spacial score (nSPS) is 19.5. The Morgan fingerprint density at radius 3 is 2.47 bits per heavy atom. The van der Waals surface area contributed by atoms with Crippen LogP contribution in [0.15, 0.2) is 23.1 Å². The van der Waals surface area contributed by atoms with Gasteiger partial charge in [-0.3, -0.25) is 9.48 Å². The topological polar surface area (TPSA) is 46.9 Å². The van der Waals surface area contributed by atoms with Crippen molar-refractivity contribution in [2.45, 2.75) is 62.1 Å². The molecule has 0 spiro atoms. The summed E-state index contributed by atoms with van der Waals surface area (Å²) in [7, 11) is 0. The Balaban J connectivity index is 1.73. The third kappa shape index (κ3) is 4.49. The highest BCUT2D eigenvalue weighted by Crippen LogP contribution is 2.53. The molecule has 1 heterocycles. The first-order valence-corrected chi connectivity index (χ1v) is 11.2. The SMILES string of the molecule is CSc1cc(NC(=O)c2c(C(F)(F)F)c(C3CC3)nn2CC2(C)CC(F)(F)C2)ccc1F. The van der Waals surface area contributed by atoms with E-state index in [9.17, 15) is 31.1 Å². The summed E-state index contributed by atoms with van der Waals surface area (Å²) in [6.45, 7) is 1.31. The van der Waals surface area contributed by atoms with E-state index in [1.54, 1.807) is 13.2 Å². The summed E-state index contributed by atoms with van der Waals surface area (Å²) in [6.07, 6.45) is -3.17. The lowest BCUT2D eigenvalue weighted by molar-refractivity contribution is -0.160. The Bertz CT molecular complexity index is 1050. The van der Waals surface area contributed by atoms with Gasteiger partial charge in [0.05, 0.1) is 5.69 Å². The number of hydrogen-bond acceptors (Lipinski definition) is 3. The third-order valence-corrected chi connectivity index (χ3v) is 6.51. The van der Waals surface area contributed by atoms with Crippen LogP contribution in [-0.4, -0.2) is 27.9 Å². The molecule has 1 aromatic heterocycles. The van der Waals surface area contributed by atoms with Crippen LogP contribution in [0.2, 0.25) is 0 Å². The number of aromatic nitrogens is 2. The van der Waals surface area contributed by atoms with E-state index in [1.165, 1.54) is 12.1 Å². The summed E-state index contributed by atoms with van der Waals surface area (Å²) in [5.41, 5.74) is -2.90. The second-order valence-electron chi connectivity index (χ2n) is 8.86. The largest absolute Gasteiger partial charge is 0.420 e. The minimum absolute atomic E-state index is 0.121. The lowest BCUT2D eigenvalue weighted by atomic mass is 9.67. The first kappa shape index (κ1) is 23.0. The monoisotopic (exact) mass is 477 g/mol. The van der Waals surface area contributed by atoms with Crippen molar-refractivity contribution in [1.82, 2.24) is 9.78 Å². The number of hydrogen-bond donors (Lipinski definition) is 1. The maximum atomic E-state index is 14.0. The van der Waals surface area contributed by atoms with Crippen molar-refractivity contribution < 1.29 is 31.1 Å². The smallest absolute Gasteiger partial charge is 0.321 e. The second kappa shape index (κ2) is 7.71. The number of amides is 1. The first-order chi connectivity index (χ1) is 14.8. The van der Waals surface area contributed by atoms with Gasteiger partial charge in [-0.05, 0) is 42.7 Å². The third-order valence-electron chi connectivity index (χ3n) is 5.75. The Morgan fingerprint density at radius 2 is 1.94 bits per heavy atom. The van der Waals surface area contributed by atoms with Crippen LogP contribution in [0.4, 0.5) is 32.0 Å². The molecule has 0 atom stereocenters. The Hall–Kier alpha value is -2.17. The summed E-state index contributed by atoms with van der Waals surface area (Å²) in [6, 6.07) is 3.68. The molecule has 2 aromatic rings. The highest BCUT2D eigenvalue weighted by molar-refractivity contribution is 7.98. The summed E-state index contributed by atoms with van der Waals surface area (Å²) in [4.78, 5) is 13.3. The minimum atomic E-state index is -4.85. The number of alkyl halides is 5. The second-order valence-corrected chi connectivity index (χ2v) is 9.71. The van der Waals surface area contributed by atoms with Crippen LogP contribution in [0.1, 0.15) is 60.3 Å². The number of benzene rings is 1. The number of nitrogens with zero attached hydrogens (tertiary/aromatic N) is 2. The zero-order valence-corrected chi connectivity index (χ0v) is 18.1. The molecular weight excluding hydrogens is 456 g/mol. The number of anilines is 1. The molecule has 2 saturated carbocycles. The molecule has 2 aliphatic carbocycles. The molecule has 11 heteroatoms. The number of halogens is 6. The predicted octanol–water partition coefficient (Wildman–Crippen LogP) is 6.33. The summed E-state index contributed by atoms with van der Waals surface area (Å²) >= 11 is 1.08. The van der Waals surface area contributed by atoms with Gasteiger partial charge in [0.1, 0.15) is 17.1 Å². The molecule has 1 aromatic carbocycles. The van der Waals surface area contributed by atoms with Crippen molar-refractivity contribution in [2.75, 3.05) is 11.6 Å². The molecule has 174 valence electrons. The molecule has 0 unspecified atom stereocenters. The lowest BCUT2D eigenvalue weighted by Gasteiger charge is -2.44. The zero-order valence-electron chi connectivity index (χ0n) is 17.3. The highest BCUT2D eigenvalue weighted by Gasteiger charge is 2.55. The van der Waals surface area contributed by atoms with Crippen LogP contribution >= 0.6 is 11.8 Å². The number of nitrogens with one attached hydrogen (secondary N) is 1. The molecule has 1 N–H and O–H groups in total. The molecular formula is C21H21F6N3OS. The quantitative estimate of drug-likeness (QED) is 0.391. The van der Waals surface area contributed by atoms with Crippen LogP contribution in [0.3, 0.4) is 0 Å². The van der Waals surface area contributed by atoms with Gasteiger partial charge in [0.25, 0.3) is 5.91 Å². The van der Waals surface area contributed by atoms with E-state index in [0.717, 1.165) is 22.5 Å². The van der Waals surface area contributed by atoms with Crippen molar-refractivity contribution in [3.05, 3.63) is 41.0 Å². The van der Waals surface area contributed by atoms with Crippen LogP contribution in [-0.2, 0) is 12.7 Å². The fraction of sp³-hybridized carbons (Fsp3) is 0.524. The van der Waals surface area contributed by atoms with E-state index >= 15 is 0 Å². The highest BCUT2D eigenvalue weighted by atomic mass is 32.2. The van der Waals surface area contributed by atoms with E-state index in [2.05, 4.69) is 10.4 Å². The van der Waals surface area contributed by atoms with Crippen molar-refractivity contribution in [3.63, 3.8) is 0 Å². The van der Waals surface area contributed by atoms with Crippen molar-refractivity contribution in [3.8, 4) is 0 Å². The molecule has 4 rings (SSSR count). The van der Waals surface area contributed by atoms with Gasteiger partial charge in [-0.2, -0.15) is 18.3 Å². The van der Waals surface area contributed by atoms with E-state index in [-0.39, 0.29) is 22.8 Å². The van der Waals surface area contributed by atoms with Crippen LogP contribution in [0.25, 0.3) is 0 Å². The van der Waals surface area contributed by atoms with Gasteiger partial charge in [0.15, 0.2) is 0 Å². The summed E-state index contributed by atoms with van der Waals surface area (Å²) < 4.78 is 83.7. The van der Waals surface area contributed by atoms with Gasteiger partial charge in [0.2, 0.25) is 5.92 Å². The zero-order chi connectivity index (χ0) is 23.5. The predicted molar refractivity (Wildman–Crippen MR) is 108 cm³/mol. The van der Waals surface area contributed by atoms with Crippen LogP contribution in [0.5, 0.6) is 0 Å². The Morgan fingerprint density at radius 1 is 1.28 bits per heavy atom. The molecule has 1 amide bonds. The molecule has 0 bridgehead atoms. The number of rotatable bonds is 6. The Labute approximate surface area is 184 Å². The van der Waals surface area contributed by atoms with E-state index in [4.69, 9.17) is 0 Å². The first-order valence-electron chi connectivity index (χ1n) is 10.0. The molecule has 2 aliphatic rings. The van der Waals surface area contributed by atoms with Crippen LogP contribution in [0, 0.1) is 11.2 Å². The fourth-order valence-corrected chi connectivity index (χ4v) is 4.85. The maximum Gasteiger partial charge on any atom is 0.420 e. The lowest BCUT2D eigenvalue weighted by Crippen LogP contribution is -2.47. The maximum absolute atomic E-state index is 14.0. The van der Waals surface area contributed by atoms with Crippen molar-refractivity contribution in [1.29, 1.82) is 0 Å². The molecule has 4 nitrogen and oxygen atoms in total. The minimum Gasteiger partial charge on any atom is -0.321 e. The molecule has 0 aliphatic heterocycles. The average Bonchev–Trinajstić information content (AvgIpc) is 3.41. The van der Waals surface area contributed by atoms with Gasteiger partial charge in [0, 0.05) is 35.9 Å².